The summed E-state index contributed by atoms with van der Waals surface area (Å²) < 4.78 is 4.44. The SMILES string of the molecule is C=COC(=O)NCCC(C)C. The number of hydrogen-bond donors (Lipinski definition) is 1. The molecule has 0 saturated carbocycles. The molecular formula is C8H15NO2. The van der Waals surface area contributed by atoms with Crippen LogP contribution in [0, 0.1) is 5.92 Å². The molecule has 0 aliphatic rings. The molecule has 3 heteroatoms. The Morgan fingerprint density at radius 1 is 1.73 bits per heavy atom. The summed E-state index contributed by atoms with van der Waals surface area (Å²) >= 11 is 0. The van der Waals surface area contributed by atoms with Crippen LogP contribution in [0.15, 0.2) is 12.8 Å². The molecule has 0 atom stereocenters. The van der Waals surface area contributed by atoms with Crippen molar-refractivity contribution in [1.82, 2.24) is 5.32 Å². The Labute approximate surface area is 67.4 Å². The van der Waals surface area contributed by atoms with E-state index < -0.39 is 6.09 Å². The third-order valence-electron chi connectivity index (χ3n) is 1.18. The number of ether oxygens (including phenoxy) is 1. The number of carbonyl (C=O) groups is 1. The molecule has 0 fully saturated rings. The van der Waals surface area contributed by atoms with Crippen LogP contribution in [-0.4, -0.2) is 12.6 Å². The second-order valence-electron chi connectivity index (χ2n) is 2.68. The second kappa shape index (κ2) is 5.77. The molecule has 3 nitrogen and oxygen atoms in total. The van der Waals surface area contributed by atoms with Gasteiger partial charge in [0.25, 0.3) is 0 Å². The van der Waals surface area contributed by atoms with E-state index in [1.165, 1.54) is 0 Å². The average molecular weight is 157 g/mol. The van der Waals surface area contributed by atoms with Crippen LogP contribution < -0.4 is 5.32 Å². The van der Waals surface area contributed by atoms with Gasteiger partial charge in [-0.05, 0) is 12.3 Å². The molecule has 0 rings (SSSR count). The first-order valence-electron chi connectivity index (χ1n) is 3.72. The van der Waals surface area contributed by atoms with Crippen molar-refractivity contribution in [2.45, 2.75) is 20.3 Å². The van der Waals surface area contributed by atoms with Crippen LogP contribution in [0.1, 0.15) is 20.3 Å². The van der Waals surface area contributed by atoms with Gasteiger partial charge in [-0.15, -0.1) is 0 Å². The molecule has 0 aromatic carbocycles. The third-order valence-corrected chi connectivity index (χ3v) is 1.18. The molecular weight excluding hydrogens is 142 g/mol. The molecule has 0 heterocycles. The van der Waals surface area contributed by atoms with Gasteiger partial charge in [0, 0.05) is 6.54 Å². The van der Waals surface area contributed by atoms with Gasteiger partial charge < -0.3 is 10.1 Å². The number of amides is 1. The first-order valence-corrected chi connectivity index (χ1v) is 3.72. The van der Waals surface area contributed by atoms with Crippen molar-refractivity contribution < 1.29 is 9.53 Å². The summed E-state index contributed by atoms with van der Waals surface area (Å²) in [5, 5.41) is 2.58. The van der Waals surface area contributed by atoms with E-state index in [0.29, 0.717) is 12.5 Å². The van der Waals surface area contributed by atoms with Crippen LogP contribution in [0.3, 0.4) is 0 Å². The molecule has 0 unspecified atom stereocenters. The fourth-order valence-corrected chi connectivity index (χ4v) is 0.580. The highest BCUT2D eigenvalue weighted by Gasteiger charge is 1.98. The van der Waals surface area contributed by atoms with Crippen molar-refractivity contribution in [3.8, 4) is 0 Å². The average Bonchev–Trinajstić information content (AvgIpc) is 1.87. The normalized spacial score (nSPS) is 9.36. The topological polar surface area (TPSA) is 38.3 Å². The monoisotopic (exact) mass is 157 g/mol. The third kappa shape index (κ3) is 6.90. The van der Waals surface area contributed by atoms with Crippen LogP contribution in [0.25, 0.3) is 0 Å². The summed E-state index contributed by atoms with van der Waals surface area (Å²) in [5.74, 6) is 0.596. The van der Waals surface area contributed by atoms with Crippen molar-refractivity contribution >= 4 is 6.09 Å². The van der Waals surface area contributed by atoms with Gasteiger partial charge in [-0.3, -0.25) is 0 Å². The smallest absolute Gasteiger partial charge is 0.411 e. The van der Waals surface area contributed by atoms with E-state index in [9.17, 15) is 4.79 Å². The second-order valence-corrected chi connectivity index (χ2v) is 2.68. The van der Waals surface area contributed by atoms with E-state index in [2.05, 4.69) is 30.5 Å². The maximum atomic E-state index is 10.6. The fourth-order valence-electron chi connectivity index (χ4n) is 0.580. The predicted molar refractivity (Wildman–Crippen MR) is 44.1 cm³/mol. The molecule has 0 aliphatic heterocycles. The van der Waals surface area contributed by atoms with E-state index in [-0.39, 0.29) is 0 Å². The van der Waals surface area contributed by atoms with Gasteiger partial charge >= 0.3 is 6.09 Å². The van der Waals surface area contributed by atoms with E-state index in [0.717, 1.165) is 12.7 Å². The maximum Gasteiger partial charge on any atom is 0.411 e. The number of alkyl carbamates (subject to hydrolysis) is 1. The minimum Gasteiger partial charge on any atom is -0.419 e. The molecule has 1 N–H and O–H groups in total. The molecule has 0 spiro atoms. The summed E-state index contributed by atoms with van der Waals surface area (Å²) in [5.41, 5.74) is 0. The zero-order chi connectivity index (χ0) is 8.69. The number of hydrogen-bond acceptors (Lipinski definition) is 2. The van der Waals surface area contributed by atoms with Gasteiger partial charge in [0.05, 0.1) is 6.26 Å². The van der Waals surface area contributed by atoms with Crippen molar-refractivity contribution in [1.29, 1.82) is 0 Å². The lowest BCUT2D eigenvalue weighted by Gasteiger charge is -2.04. The Hall–Kier alpha value is -0.990. The van der Waals surface area contributed by atoms with Gasteiger partial charge in [-0.25, -0.2) is 4.79 Å². The minimum absolute atomic E-state index is 0.430. The lowest BCUT2D eigenvalue weighted by Crippen LogP contribution is -2.24. The Bertz CT molecular complexity index is 132. The zero-order valence-corrected chi connectivity index (χ0v) is 7.09. The first kappa shape index (κ1) is 10.0. The number of nitrogens with one attached hydrogen (secondary N) is 1. The van der Waals surface area contributed by atoms with Crippen molar-refractivity contribution in [3.63, 3.8) is 0 Å². The van der Waals surface area contributed by atoms with E-state index >= 15 is 0 Å². The van der Waals surface area contributed by atoms with Crippen molar-refractivity contribution in [2.24, 2.45) is 5.92 Å². The van der Waals surface area contributed by atoms with Crippen molar-refractivity contribution in [2.75, 3.05) is 6.54 Å². The number of rotatable bonds is 4. The van der Waals surface area contributed by atoms with Gasteiger partial charge in [0.1, 0.15) is 0 Å². The maximum absolute atomic E-state index is 10.6. The zero-order valence-electron chi connectivity index (χ0n) is 7.09. The highest BCUT2D eigenvalue weighted by molar-refractivity contribution is 5.67. The van der Waals surface area contributed by atoms with Crippen LogP contribution in [0.5, 0.6) is 0 Å². The summed E-state index contributed by atoms with van der Waals surface area (Å²) in [7, 11) is 0. The standard InChI is InChI=1S/C8H15NO2/c1-4-11-8(10)9-6-5-7(2)3/h4,7H,1,5-6H2,2-3H3,(H,9,10). The van der Waals surface area contributed by atoms with E-state index in [1.807, 2.05) is 0 Å². The highest BCUT2D eigenvalue weighted by atomic mass is 16.5. The van der Waals surface area contributed by atoms with E-state index in [4.69, 9.17) is 0 Å². The molecule has 0 aromatic heterocycles. The molecule has 0 aliphatic carbocycles. The van der Waals surface area contributed by atoms with Crippen LogP contribution >= 0.6 is 0 Å². The molecule has 1 amide bonds. The Morgan fingerprint density at radius 2 is 2.36 bits per heavy atom. The molecule has 0 radical (unpaired) electrons. The first-order chi connectivity index (χ1) is 5.16. The van der Waals surface area contributed by atoms with Crippen molar-refractivity contribution in [3.05, 3.63) is 12.8 Å². The number of carbonyl (C=O) groups excluding carboxylic acids is 1. The van der Waals surface area contributed by atoms with Crippen LogP contribution in [0.2, 0.25) is 0 Å². The van der Waals surface area contributed by atoms with Crippen LogP contribution in [0.4, 0.5) is 4.79 Å². The van der Waals surface area contributed by atoms with Gasteiger partial charge in [-0.1, -0.05) is 20.4 Å². The molecule has 11 heavy (non-hydrogen) atoms. The minimum atomic E-state index is -0.430. The summed E-state index contributed by atoms with van der Waals surface area (Å²) in [4.78, 5) is 10.6. The molecule has 0 aromatic rings. The fraction of sp³-hybridized carbons (Fsp3) is 0.625. The van der Waals surface area contributed by atoms with Gasteiger partial charge in [-0.2, -0.15) is 0 Å². The van der Waals surface area contributed by atoms with Gasteiger partial charge in [0.15, 0.2) is 0 Å². The Morgan fingerprint density at radius 3 is 2.82 bits per heavy atom. The van der Waals surface area contributed by atoms with Crippen LogP contribution in [-0.2, 0) is 4.74 Å². The molecule has 64 valence electrons. The summed E-state index contributed by atoms with van der Waals surface area (Å²) in [6.07, 6.45) is 1.65. The van der Waals surface area contributed by atoms with Gasteiger partial charge in [0.2, 0.25) is 0 Å². The molecule has 0 saturated heterocycles. The Kier molecular flexibility index (Phi) is 5.25. The quantitative estimate of drug-likeness (QED) is 0.633. The predicted octanol–water partition coefficient (Wildman–Crippen LogP) is 1.90. The van der Waals surface area contributed by atoms with E-state index in [1.54, 1.807) is 0 Å². The lowest BCUT2D eigenvalue weighted by molar-refractivity contribution is 0.185. The summed E-state index contributed by atoms with van der Waals surface area (Å²) in [6, 6.07) is 0. The lowest BCUT2D eigenvalue weighted by atomic mass is 10.1. The Balaban J connectivity index is 3.24. The highest BCUT2D eigenvalue weighted by Crippen LogP contribution is 1.96. The largest absolute Gasteiger partial charge is 0.419 e. The molecule has 0 bridgehead atoms. The summed E-state index contributed by atoms with van der Waals surface area (Å²) in [6.45, 7) is 8.11.